The standard InChI is InChI=1S/C15H21BrN4O3/c1-8-12(16)19-10(14(21)22)13(18-8)20-5-3-15(4-6-20)7-23-9(2)11(15)17/h9,11H,3-7,17H2,1-2H3,(H,21,22)/t9-,11+/m0/s1. The molecule has 126 valence electrons. The Balaban J connectivity index is 1.83. The van der Waals surface area contributed by atoms with Gasteiger partial charge in [0.25, 0.3) is 0 Å². The Morgan fingerprint density at radius 2 is 2.09 bits per heavy atom. The molecule has 0 bridgehead atoms. The van der Waals surface area contributed by atoms with E-state index < -0.39 is 5.97 Å². The third-order valence-electron chi connectivity index (χ3n) is 5.10. The monoisotopic (exact) mass is 384 g/mol. The largest absolute Gasteiger partial charge is 0.476 e. The topological polar surface area (TPSA) is 102 Å². The number of aromatic carboxylic acids is 1. The fraction of sp³-hybridized carbons (Fsp3) is 0.667. The van der Waals surface area contributed by atoms with Gasteiger partial charge in [-0.25, -0.2) is 14.8 Å². The number of nitrogens with two attached hydrogens (primary N) is 1. The minimum atomic E-state index is -1.07. The molecule has 7 nitrogen and oxygen atoms in total. The smallest absolute Gasteiger partial charge is 0.358 e. The predicted molar refractivity (Wildman–Crippen MR) is 88.7 cm³/mol. The Morgan fingerprint density at radius 1 is 1.43 bits per heavy atom. The highest BCUT2D eigenvalue weighted by Gasteiger charge is 2.47. The van der Waals surface area contributed by atoms with Crippen LogP contribution in [0.1, 0.15) is 35.9 Å². The summed E-state index contributed by atoms with van der Waals surface area (Å²) in [5.41, 5.74) is 6.98. The van der Waals surface area contributed by atoms with Crippen LogP contribution in [0.2, 0.25) is 0 Å². The summed E-state index contributed by atoms with van der Waals surface area (Å²) in [4.78, 5) is 22.0. The van der Waals surface area contributed by atoms with Gasteiger partial charge in [0.2, 0.25) is 0 Å². The molecule has 2 aliphatic heterocycles. The molecule has 23 heavy (non-hydrogen) atoms. The Bertz CT molecular complexity index is 631. The number of hydrogen-bond acceptors (Lipinski definition) is 6. The van der Waals surface area contributed by atoms with Crippen molar-refractivity contribution in [3.05, 3.63) is 16.0 Å². The van der Waals surface area contributed by atoms with Crippen molar-refractivity contribution >= 4 is 27.7 Å². The summed E-state index contributed by atoms with van der Waals surface area (Å²) in [5, 5.41) is 9.40. The first kappa shape index (κ1) is 16.6. The van der Waals surface area contributed by atoms with Gasteiger partial charge in [-0.15, -0.1) is 0 Å². The number of nitrogens with zero attached hydrogens (tertiary/aromatic N) is 3. The highest BCUT2D eigenvalue weighted by molar-refractivity contribution is 9.10. The molecular formula is C15H21BrN4O3. The molecule has 0 unspecified atom stereocenters. The zero-order chi connectivity index (χ0) is 16.8. The second-order valence-corrected chi connectivity index (χ2v) is 7.22. The second kappa shape index (κ2) is 5.99. The molecule has 2 atom stereocenters. The van der Waals surface area contributed by atoms with Gasteiger partial charge in [-0.05, 0) is 42.6 Å². The molecule has 3 rings (SSSR count). The van der Waals surface area contributed by atoms with Crippen LogP contribution in [0.5, 0.6) is 0 Å². The number of hydrogen-bond donors (Lipinski definition) is 2. The van der Waals surface area contributed by atoms with E-state index in [0.717, 1.165) is 12.8 Å². The molecule has 0 aromatic carbocycles. The van der Waals surface area contributed by atoms with Gasteiger partial charge in [0.1, 0.15) is 4.60 Å². The molecule has 1 aromatic heterocycles. The third kappa shape index (κ3) is 2.83. The molecule has 0 amide bonds. The molecular weight excluding hydrogens is 364 g/mol. The first-order valence-corrected chi connectivity index (χ1v) is 8.53. The molecule has 3 N–H and O–H groups in total. The molecule has 0 saturated carbocycles. The summed E-state index contributed by atoms with van der Waals surface area (Å²) in [6.07, 6.45) is 1.81. The Morgan fingerprint density at radius 3 is 2.61 bits per heavy atom. The summed E-state index contributed by atoms with van der Waals surface area (Å²) < 4.78 is 6.19. The van der Waals surface area contributed by atoms with Gasteiger partial charge >= 0.3 is 5.97 Å². The lowest BCUT2D eigenvalue weighted by Gasteiger charge is -2.41. The molecule has 0 radical (unpaired) electrons. The van der Waals surface area contributed by atoms with E-state index in [1.165, 1.54) is 0 Å². The number of halogens is 1. The van der Waals surface area contributed by atoms with Crippen molar-refractivity contribution in [3.63, 3.8) is 0 Å². The number of aryl methyl sites for hydroxylation is 1. The Hall–Kier alpha value is -1.25. The van der Waals surface area contributed by atoms with E-state index in [9.17, 15) is 9.90 Å². The van der Waals surface area contributed by atoms with Crippen LogP contribution < -0.4 is 10.6 Å². The van der Waals surface area contributed by atoms with Gasteiger partial charge in [-0.1, -0.05) is 0 Å². The highest BCUT2D eigenvalue weighted by atomic mass is 79.9. The van der Waals surface area contributed by atoms with Gasteiger partial charge in [0.05, 0.1) is 18.4 Å². The van der Waals surface area contributed by atoms with Crippen LogP contribution in [0.25, 0.3) is 0 Å². The van der Waals surface area contributed by atoms with Gasteiger partial charge in [-0.2, -0.15) is 0 Å². The molecule has 0 aliphatic carbocycles. The van der Waals surface area contributed by atoms with E-state index in [-0.39, 0.29) is 23.3 Å². The van der Waals surface area contributed by atoms with Crippen molar-refractivity contribution < 1.29 is 14.6 Å². The van der Waals surface area contributed by atoms with Crippen LogP contribution in [0.4, 0.5) is 5.82 Å². The van der Waals surface area contributed by atoms with Crippen molar-refractivity contribution in [2.45, 2.75) is 38.8 Å². The number of ether oxygens (including phenoxy) is 1. The number of carboxylic acids is 1. The number of carboxylic acid groups (broad SMARTS) is 1. The van der Waals surface area contributed by atoms with E-state index in [4.69, 9.17) is 10.5 Å². The van der Waals surface area contributed by atoms with Crippen molar-refractivity contribution in [2.24, 2.45) is 11.1 Å². The number of piperidine rings is 1. The summed E-state index contributed by atoms with van der Waals surface area (Å²) in [7, 11) is 0. The summed E-state index contributed by atoms with van der Waals surface area (Å²) in [6.45, 7) is 5.91. The van der Waals surface area contributed by atoms with Crippen molar-refractivity contribution in [2.75, 3.05) is 24.6 Å². The van der Waals surface area contributed by atoms with E-state index in [1.54, 1.807) is 6.92 Å². The van der Waals surface area contributed by atoms with Crippen LogP contribution in [-0.4, -0.2) is 52.9 Å². The third-order valence-corrected chi connectivity index (χ3v) is 5.85. The maximum absolute atomic E-state index is 11.5. The SMILES string of the molecule is Cc1nc(N2CCC3(CC2)CO[C@@H](C)[C@H]3N)c(C(=O)O)nc1Br. The second-order valence-electron chi connectivity index (χ2n) is 6.47. The quantitative estimate of drug-likeness (QED) is 0.797. The molecule has 8 heteroatoms. The van der Waals surface area contributed by atoms with E-state index >= 15 is 0 Å². The molecule has 2 aliphatic rings. The van der Waals surface area contributed by atoms with Crippen LogP contribution in [0.15, 0.2) is 4.60 Å². The molecule has 2 saturated heterocycles. The summed E-state index contributed by atoms with van der Waals surface area (Å²) in [5.74, 6) is -0.628. The van der Waals surface area contributed by atoms with Crippen LogP contribution >= 0.6 is 15.9 Å². The summed E-state index contributed by atoms with van der Waals surface area (Å²) in [6, 6.07) is 0.0290. The lowest BCUT2D eigenvalue weighted by Crippen LogP contribution is -2.51. The van der Waals surface area contributed by atoms with Crippen LogP contribution in [0, 0.1) is 12.3 Å². The number of rotatable bonds is 2. The van der Waals surface area contributed by atoms with Crippen molar-refractivity contribution in [1.82, 2.24) is 9.97 Å². The summed E-state index contributed by atoms with van der Waals surface area (Å²) >= 11 is 3.25. The van der Waals surface area contributed by atoms with E-state index in [0.29, 0.717) is 35.8 Å². The van der Waals surface area contributed by atoms with Gasteiger partial charge in [0, 0.05) is 24.5 Å². The molecule has 3 heterocycles. The number of anilines is 1. The zero-order valence-corrected chi connectivity index (χ0v) is 14.8. The zero-order valence-electron chi connectivity index (χ0n) is 13.3. The highest BCUT2D eigenvalue weighted by Crippen LogP contribution is 2.42. The average molecular weight is 385 g/mol. The minimum Gasteiger partial charge on any atom is -0.476 e. The Labute approximate surface area is 143 Å². The molecule has 2 fully saturated rings. The van der Waals surface area contributed by atoms with Gasteiger partial charge in [-0.3, -0.25) is 0 Å². The molecule has 1 aromatic rings. The lowest BCUT2D eigenvalue weighted by atomic mass is 9.73. The molecule has 1 spiro atoms. The lowest BCUT2D eigenvalue weighted by molar-refractivity contribution is 0.0689. The van der Waals surface area contributed by atoms with E-state index in [1.807, 2.05) is 11.8 Å². The van der Waals surface area contributed by atoms with Crippen LogP contribution in [0.3, 0.4) is 0 Å². The minimum absolute atomic E-state index is 0.00284. The average Bonchev–Trinajstić information content (AvgIpc) is 2.79. The van der Waals surface area contributed by atoms with Crippen molar-refractivity contribution in [1.29, 1.82) is 0 Å². The van der Waals surface area contributed by atoms with E-state index in [2.05, 4.69) is 25.9 Å². The van der Waals surface area contributed by atoms with Crippen molar-refractivity contribution in [3.8, 4) is 0 Å². The Kier molecular flexibility index (Phi) is 4.33. The van der Waals surface area contributed by atoms with Gasteiger partial charge < -0.3 is 20.5 Å². The maximum Gasteiger partial charge on any atom is 0.358 e. The first-order valence-electron chi connectivity index (χ1n) is 7.73. The predicted octanol–water partition coefficient (Wildman–Crippen LogP) is 1.58. The van der Waals surface area contributed by atoms with Gasteiger partial charge in [0.15, 0.2) is 11.5 Å². The fourth-order valence-corrected chi connectivity index (χ4v) is 3.75. The number of carbonyl (C=O) groups is 1. The fourth-order valence-electron chi connectivity index (χ4n) is 3.49. The normalized spacial score (nSPS) is 26.7. The maximum atomic E-state index is 11.5. The van der Waals surface area contributed by atoms with Crippen LogP contribution in [-0.2, 0) is 4.74 Å². The first-order chi connectivity index (χ1) is 10.8. The number of aromatic nitrogens is 2.